The van der Waals surface area contributed by atoms with Gasteiger partial charge in [-0.25, -0.2) is 0 Å². The summed E-state index contributed by atoms with van der Waals surface area (Å²) in [6.07, 6.45) is -4.63. The first-order valence-electron chi connectivity index (χ1n) is 9.43. The second-order valence-corrected chi connectivity index (χ2v) is 6.10. The van der Waals surface area contributed by atoms with Crippen LogP contribution >= 0.6 is 0 Å². The number of benzene rings is 1. The van der Waals surface area contributed by atoms with Crippen LogP contribution < -0.4 is 15.4 Å². The highest BCUT2D eigenvalue weighted by atomic mass is 19.4. The Morgan fingerprint density at radius 2 is 2.00 bits per heavy atom. The minimum atomic E-state index is -4.44. The Bertz CT molecular complexity index is 600. The second-order valence-electron chi connectivity index (χ2n) is 6.10. The Morgan fingerprint density at radius 3 is 2.69 bits per heavy atom. The van der Waals surface area contributed by atoms with Crippen molar-refractivity contribution in [1.29, 1.82) is 0 Å². The number of alkyl halides is 3. The van der Waals surface area contributed by atoms with E-state index >= 15 is 0 Å². The number of aliphatic hydroxyl groups excluding tert-OH is 1. The molecule has 3 N–H and O–H groups in total. The van der Waals surface area contributed by atoms with E-state index in [1.54, 1.807) is 7.11 Å². The average molecular weight is 421 g/mol. The summed E-state index contributed by atoms with van der Waals surface area (Å²) in [7, 11) is 1.61. The predicted octanol–water partition coefficient (Wildman–Crippen LogP) is 2.05. The van der Waals surface area contributed by atoms with Gasteiger partial charge in [0.25, 0.3) is 0 Å². The molecule has 1 atom stereocenters. The fourth-order valence-corrected chi connectivity index (χ4v) is 2.17. The molecule has 0 heterocycles. The largest absolute Gasteiger partial charge is 0.491 e. The van der Waals surface area contributed by atoms with Crippen LogP contribution in [-0.2, 0) is 15.7 Å². The van der Waals surface area contributed by atoms with Gasteiger partial charge in [0.15, 0.2) is 5.96 Å². The maximum atomic E-state index is 12.7. The summed E-state index contributed by atoms with van der Waals surface area (Å²) >= 11 is 0. The highest BCUT2D eigenvalue weighted by Gasteiger charge is 2.30. The van der Waals surface area contributed by atoms with E-state index in [4.69, 9.17) is 14.2 Å². The number of halogens is 3. The lowest BCUT2D eigenvalue weighted by molar-refractivity contribution is -0.137. The molecule has 166 valence electrons. The van der Waals surface area contributed by atoms with Crippen LogP contribution in [0.5, 0.6) is 5.75 Å². The highest BCUT2D eigenvalue weighted by Crippen LogP contribution is 2.31. The zero-order valence-electron chi connectivity index (χ0n) is 16.8. The van der Waals surface area contributed by atoms with Crippen molar-refractivity contribution in [3.63, 3.8) is 0 Å². The van der Waals surface area contributed by atoms with Crippen molar-refractivity contribution >= 4 is 5.96 Å². The van der Waals surface area contributed by atoms with Crippen LogP contribution in [0, 0.1) is 0 Å². The minimum absolute atomic E-state index is 0.0403. The Hall–Kier alpha value is -2.04. The maximum absolute atomic E-state index is 12.7. The second kappa shape index (κ2) is 14.0. The molecule has 0 aliphatic carbocycles. The molecule has 1 rings (SSSR count). The van der Waals surface area contributed by atoms with Crippen molar-refractivity contribution in [2.75, 3.05) is 53.2 Å². The lowest BCUT2D eigenvalue weighted by Gasteiger charge is -2.14. The van der Waals surface area contributed by atoms with Gasteiger partial charge in [-0.3, -0.25) is 4.99 Å². The summed E-state index contributed by atoms with van der Waals surface area (Å²) in [5, 5.41) is 16.2. The first-order valence-corrected chi connectivity index (χ1v) is 9.43. The van der Waals surface area contributed by atoms with Crippen LogP contribution in [0.15, 0.2) is 29.3 Å². The first kappa shape index (κ1) is 25.0. The third-order valence-corrected chi connectivity index (χ3v) is 3.60. The van der Waals surface area contributed by atoms with Crippen molar-refractivity contribution in [1.82, 2.24) is 10.6 Å². The number of methoxy groups -OCH3 is 1. The summed E-state index contributed by atoms with van der Waals surface area (Å²) in [5.74, 6) is 0.573. The van der Waals surface area contributed by atoms with Gasteiger partial charge in [0, 0.05) is 26.8 Å². The summed E-state index contributed by atoms with van der Waals surface area (Å²) in [5.41, 5.74) is -0.799. The average Bonchev–Trinajstić information content (AvgIpc) is 2.69. The van der Waals surface area contributed by atoms with Crippen LogP contribution in [0.3, 0.4) is 0 Å². The van der Waals surface area contributed by atoms with E-state index < -0.39 is 17.8 Å². The molecular weight excluding hydrogens is 391 g/mol. The molecule has 0 aromatic heterocycles. The van der Waals surface area contributed by atoms with E-state index in [-0.39, 0.29) is 18.9 Å². The van der Waals surface area contributed by atoms with Crippen LogP contribution in [0.25, 0.3) is 0 Å². The van der Waals surface area contributed by atoms with Crippen LogP contribution in [0.2, 0.25) is 0 Å². The number of hydrogen-bond donors (Lipinski definition) is 3. The Labute approximate surface area is 169 Å². The van der Waals surface area contributed by atoms with Gasteiger partial charge in [-0.2, -0.15) is 13.2 Å². The molecule has 1 unspecified atom stereocenters. The lowest BCUT2D eigenvalue weighted by Crippen LogP contribution is -2.39. The molecule has 0 spiro atoms. The van der Waals surface area contributed by atoms with Crippen LogP contribution in [-0.4, -0.2) is 70.3 Å². The van der Waals surface area contributed by atoms with E-state index in [1.165, 1.54) is 12.1 Å². The monoisotopic (exact) mass is 421 g/mol. The molecule has 0 aliphatic rings. The van der Waals surface area contributed by atoms with Gasteiger partial charge in [-0.15, -0.1) is 0 Å². The van der Waals surface area contributed by atoms with E-state index in [9.17, 15) is 18.3 Å². The van der Waals surface area contributed by atoms with Gasteiger partial charge in [0.1, 0.15) is 18.5 Å². The summed E-state index contributed by atoms with van der Waals surface area (Å²) in [4.78, 5) is 4.25. The zero-order chi connectivity index (χ0) is 21.5. The topological polar surface area (TPSA) is 84.3 Å². The molecule has 1 aromatic carbocycles. The Kier molecular flexibility index (Phi) is 12.1. The number of nitrogens with one attached hydrogen (secondary N) is 2. The maximum Gasteiger partial charge on any atom is 0.416 e. The predicted molar refractivity (Wildman–Crippen MR) is 104 cm³/mol. The normalized spacial score (nSPS) is 13.2. The van der Waals surface area contributed by atoms with Crippen LogP contribution in [0.1, 0.15) is 18.9 Å². The molecule has 7 nitrogen and oxygen atoms in total. The molecule has 0 bridgehead atoms. The first-order chi connectivity index (χ1) is 13.9. The number of guanidine groups is 1. The standard InChI is InChI=1S/C19H30F3N3O4/c1-3-23-18(24-8-5-9-28-11-10-27-2)25-13-16(26)14-29-17-7-4-6-15(12-17)19(20,21)22/h4,6-7,12,16,26H,3,5,8-11,13-14H2,1-2H3,(H2,23,24,25). The van der Waals surface area contributed by atoms with Gasteiger partial charge in [-0.05, 0) is 31.5 Å². The fourth-order valence-electron chi connectivity index (χ4n) is 2.17. The lowest BCUT2D eigenvalue weighted by atomic mass is 10.2. The molecule has 0 fully saturated rings. The molecule has 0 radical (unpaired) electrons. The number of aliphatic hydroxyl groups is 1. The molecule has 1 aromatic rings. The molecule has 0 aliphatic heterocycles. The molecule has 0 saturated carbocycles. The Balaban J connectivity index is 2.37. The van der Waals surface area contributed by atoms with Crippen molar-refractivity contribution in [3.8, 4) is 5.75 Å². The minimum Gasteiger partial charge on any atom is -0.491 e. The van der Waals surface area contributed by atoms with Crippen LogP contribution in [0.4, 0.5) is 13.2 Å². The molecule has 10 heteroatoms. The van der Waals surface area contributed by atoms with Crippen molar-refractivity contribution in [3.05, 3.63) is 29.8 Å². The number of rotatable bonds is 13. The Morgan fingerprint density at radius 1 is 1.21 bits per heavy atom. The number of ether oxygens (including phenoxy) is 3. The zero-order valence-corrected chi connectivity index (χ0v) is 16.8. The summed E-state index contributed by atoms with van der Waals surface area (Å²) in [6, 6.07) is 4.53. The summed E-state index contributed by atoms with van der Waals surface area (Å²) < 4.78 is 53.6. The SMILES string of the molecule is CCNC(=NCC(O)COc1cccc(C(F)(F)F)c1)NCCCOCCOC. The summed E-state index contributed by atoms with van der Waals surface area (Å²) in [6.45, 7) is 4.75. The smallest absolute Gasteiger partial charge is 0.416 e. The van der Waals surface area contributed by atoms with Crippen molar-refractivity contribution in [2.24, 2.45) is 4.99 Å². The van der Waals surface area contributed by atoms with Gasteiger partial charge in [0.2, 0.25) is 0 Å². The quantitative estimate of drug-likeness (QED) is 0.257. The van der Waals surface area contributed by atoms with E-state index in [1.807, 2.05) is 6.92 Å². The van der Waals surface area contributed by atoms with E-state index in [2.05, 4.69) is 15.6 Å². The highest BCUT2D eigenvalue weighted by molar-refractivity contribution is 5.79. The van der Waals surface area contributed by atoms with Crippen molar-refractivity contribution in [2.45, 2.75) is 25.6 Å². The van der Waals surface area contributed by atoms with E-state index in [0.29, 0.717) is 38.9 Å². The molecule has 0 saturated heterocycles. The van der Waals surface area contributed by atoms with Gasteiger partial charge in [0.05, 0.1) is 25.3 Å². The van der Waals surface area contributed by atoms with E-state index in [0.717, 1.165) is 18.6 Å². The molecule has 29 heavy (non-hydrogen) atoms. The number of hydrogen-bond acceptors (Lipinski definition) is 5. The third kappa shape index (κ3) is 11.5. The van der Waals surface area contributed by atoms with Gasteiger partial charge < -0.3 is 30.0 Å². The number of aliphatic imine (C=N–C) groups is 1. The van der Waals surface area contributed by atoms with Gasteiger partial charge in [-0.1, -0.05) is 6.07 Å². The molecule has 0 amide bonds. The fraction of sp³-hybridized carbons (Fsp3) is 0.632. The van der Waals surface area contributed by atoms with Gasteiger partial charge >= 0.3 is 6.18 Å². The number of nitrogens with zero attached hydrogens (tertiary/aromatic N) is 1. The van der Waals surface area contributed by atoms with Crippen molar-refractivity contribution < 1.29 is 32.5 Å². The molecular formula is C19H30F3N3O4. The third-order valence-electron chi connectivity index (χ3n) is 3.60.